The molecule has 2 rings (SSSR count). The van der Waals surface area contributed by atoms with Gasteiger partial charge in [0.2, 0.25) is 0 Å². The van der Waals surface area contributed by atoms with Crippen LogP contribution in [-0.2, 0) is 4.74 Å². The van der Waals surface area contributed by atoms with Crippen LogP contribution in [0.4, 0.5) is 5.13 Å². The minimum Gasteiger partial charge on any atom is -0.464 e. The molecule has 0 radical (unpaired) electrons. The van der Waals surface area contributed by atoms with E-state index in [1.165, 1.54) is 31.4 Å². The molecule has 0 aromatic carbocycles. The quantitative estimate of drug-likeness (QED) is 0.840. The van der Waals surface area contributed by atoms with Crippen molar-refractivity contribution in [3.8, 4) is 0 Å². The molecule has 0 bridgehead atoms. The molecule has 5 nitrogen and oxygen atoms in total. The van der Waals surface area contributed by atoms with E-state index in [-0.39, 0.29) is 5.97 Å². The number of rotatable bonds is 5. The van der Waals surface area contributed by atoms with Crippen LogP contribution in [-0.4, -0.2) is 48.6 Å². The van der Waals surface area contributed by atoms with Crippen LogP contribution in [0.5, 0.6) is 0 Å². The van der Waals surface area contributed by atoms with E-state index in [9.17, 15) is 4.79 Å². The summed E-state index contributed by atoms with van der Waals surface area (Å²) in [4.78, 5) is 18.1. The molecule has 0 amide bonds. The Morgan fingerprint density at radius 2 is 2.32 bits per heavy atom. The first-order valence-corrected chi connectivity index (χ1v) is 7.63. The molecule has 1 aliphatic heterocycles. The molecule has 0 aliphatic carbocycles. The topological polar surface area (TPSA) is 54.5 Å². The number of methoxy groups -OCH3 is 1. The van der Waals surface area contributed by atoms with Crippen LogP contribution >= 0.6 is 11.3 Å². The van der Waals surface area contributed by atoms with Crippen LogP contribution in [0.15, 0.2) is 5.38 Å². The molecular formula is C13H21N3O2S. The van der Waals surface area contributed by atoms with E-state index in [0.29, 0.717) is 11.7 Å². The number of carbonyl (C=O) groups is 1. The summed E-state index contributed by atoms with van der Waals surface area (Å²) in [6.07, 6.45) is 3.48. The summed E-state index contributed by atoms with van der Waals surface area (Å²) >= 11 is 1.46. The largest absolute Gasteiger partial charge is 0.464 e. The van der Waals surface area contributed by atoms with Crippen LogP contribution in [0.3, 0.4) is 0 Å². The van der Waals surface area contributed by atoms with Crippen LogP contribution in [0.2, 0.25) is 0 Å². The fourth-order valence-electron chi connectivity index (χ4n) is 2.33. The predicted octanol–water partition coefficient (Wildman–Crippen LogP) is 2.22. The molecule has 1 N–H and O–H groups in total. The van der Waals surface area contributed by atoms with E-state index in [1.807, 2.05) is 0 Å². The van der Waals surface area contributed by atoms with Gasteiger partial charge in [0.15, 0.2) is 10.8 Å². The summed E-state index contributed by atoms with van der Waals surface area (Å²) in [6.45, 7) is 5.69. The number of ether oxygens (including phenoxy) is 1. The number of thiazole rings is 1. The standard InChI is InChI=1S/C13H21N3O2S/c1-3-6-16-7-4-10(5-8-16)14-13-15-11(9-19-13)12(17)18-2/h9-10H,3-8H2,1-2H3,(H,14,15). The Morgan fingerprint density at radius 3 is 2.95 bits per heavy atom. The number of likely N-dealkylation sites (tertiary alicyclic amines) is 1. The lowest BCUT2D eigenvalue weighted by Gasteiger charge is -2.31. The van der Waals surface area contributed by atoms with Gasteiger partial charge in [0, 0.05) is 24.5 Å². The smallest absolute Gasteiger partial charge is 0.357 e. The molecule has 0 spiro atoms. The van der Waals surface area contributed by atoms with E-state index in [2.05, 4.69) is 26.9 Å². The third-order valence-corrected chi connectivity index (χ3v) is 4.13. The number of hydrogen-bond donors (Lipinski definition) is 1. The summed E-state index contributed by atoms with van der Waals surface area (Å²) in [7, 11) is 1.37. The van der Waals surface area contributed by atoms with Gasteiger partial charge in [0.25, 0.3) is 0 Å². The Kier molecular flexibility index (Phi) is 5.15. The van der Waals surface area contributed by atoms with Crippen molar-refractivity contribution in [2.24, 2.45) is 0 Å². The first kappa shape index (κ1) is 14.3. The zero-order chi connectivity index (χ0) is 13.7. The molecule has 1 aromatic heterocycles. The first-order chi connectivity index (χ1) is 9.22. The molecular weight excluding hydrogens is 262 g/mol. The number of piperidine rings is 1. The second-order valence-electron chi connectivity index (χ2n) is 4.79. The third kappa shape index (κ3) is 3.91. The molecule has 1 aromatic rings. The lowest BCUT2D eigenvalue weighted by molar-refractivity contribution is 0.0595. The molecule has 106 valence electrons. The third-order valence-electron chi connectivity index (χ3n) is 3.35. The number of anilines is 1. The van der Waals surface area contributed by atoms with E-state index in [0.717, 1.165) is 31.1 Å². The van der Waals surface area contributed by atoms with Crippen molar-refractivity contribution in [1.29, 1.82) is 0 Å². The molecule has 6 heteroatoms. The van der Waals surface area contributed by atoms with Crippen molar-refractivity contribution < 1.29 is 9.53 Å². The number of esters is 1. The van der Waals surface area contributed by atoms with Gasteiger partial charge in [-0.15, -0.1) is 11.3 Å². The first-order valence-electron chi connectivity index (χ1n) is 6.75. The van der Waals surface area contributed by atoms with Gasteiger partial charge in [0.1, 0.15) is 0 Å². The summed E-state index contributed by atoms with van der Waals surface area (Å²) in [6, 6.07) is 0.463. The summed E-state index contributed by atoms with van der Waals surface area (Å²) in [5.74, 6) is -0.373. The van der Waals surface area contributed by atoms with Gasteiger partial charge in [-0.25, -0.2) is 9.78 Å². The lowest BCUT2D eigenvalue weighted by atomic mass is 10.1. The summed E-state index contributed by atoms with van der Waals surface area (Å²) < 4.78 is 4.65. The van der Waals surface area contributed by atoms with Crippen LogP contribution in [0.1, 0.15) is 36.7 Å². The molecule has 19 heavy (non-hydrogen) atoms. The van der Waals surface area contributed by atoms with Gasteiger partial charge >= 0.3 is 5.97 Å². The van der Waals surface area contributed by atoms with E-state index >= 15 is 0 Å². The van der Waals surface area contributed by atoms with Crippen molar-refractivity contribution in [3.63, 3.8) is 0 Å². The SMILES string of the molecule is CCCN1CCC(Nc2nc(C(=O)OC)cs2)CC1. The van der Waals surface area contributed by atoms with Gasteiger partial charge in [0.05, 0.1) is 7.11 Å². The number of nitrogens with one attached hydrogen (secondary N) is 1. The predicted molar refractivity (Wildman–Crippen MR) is 76.8 cm³/mol. The number of aromatic nitrogens is 1. The lowest BCUT2D eigenvalue weighted by Crippen LogP contribution is -2.39. The minimum absolute atomic E-state index is 0.373. The molecule has 0 atom stereocenters. The second-order valence-corrected chi connectivity index (χ2v) is 5.65. The van der Waals surface area contributed by atoms with Crippen molar-refractivity contribution in [3.05, 3.63) is 11.1 Å². The normalized spacial score (nSPS) is 17.4. The molecule has 0 unspecified atom stereocenters. The molecule has 1 aliphatic rings. The average Bonchev–Trinajstić information content (AvgIpc) is 2.89. The molecule has 0 saturated carbocycles. The molecule has 1 fully saturated rings. The highest BCUT2D eigenvalue weighted by atomic mass is 32.1. The zero-order valence-corrected chi connectivity index (χ0v) is 12.3. The summed E-state index contributed by atoms with van der Waals surface area (Å²) in [5, 5.41) is 5.97. The Labute approximate surface area is 118 Å². The maximum absolute atomic E-state index is 11.3. The zero-order valence-electron chi connectivity index (χ0n) is 11.5. The molecule has 2 heterocycles. The average molecular weight is 283 g/mol. The Balaban J connectivity index is 1.82. The van der Waals surface area contributed by atoms with Gasteiger partial charge in [-0.3, -0.25) is 0 Å². The number of hydrogen-bond acceptors (Lipinski definition) is 6. The highest BCUT2D eigenvalue weighted by molar-refractivity contribution is 7.13. The van der Waals surface area contributed by atoms with E-state index in [1.54, 1.807) is 5.38 Å². The highest BCUT2D eigenvalue weighted by Gasteiger charge is 2.19. The second kappa shape index (κ2) is 6.86. The number of carbonyl (C=O) groups excluding carboxylic acids is 1. The van der Waals surface area contributed by atoms with Crippen molar-refractivity contribution in [2.45, 2.75) is 32.2 Å². The highest BCUT2D eigenvalue weighted by Crippen LogP contribution is 2.20. The van der Waals surface area contributed by atoms with Gasteiger partial charge in [-0.05, 0) is 25.8 Å². The monoisotopic (exact) mass is 283 g/mol. The van der Waals surface area contributed by atoms with E-state index < -0.39 is 0 Å². The van der Waals surface area contributed by atoms with Crippen LogP contribution in [0.25, 0.3) is 0 Å². The van der Waals surface area contributed by atoms with Crippen molar-refractivity contribution in [1.82, 2.24) is 9.88 Å². The number of nitrogens with zero attached hydrogens (tertiary/aromatic N) is 2. The van der Waals surface area contributed by atoms with Gasteiger partial charge < -0.3 is 15.0 Å². The molecule has 1 saturated heterocycles. The van der Waals surface area contributed by atoms with Crippen molar-refractivity contribution in [2.75, 3.05) is 32.1 Å². The fourth-order valence-corrected chi connectivity index (χ4v) is 3.09. The fraction of sp³-hybridized carbons (Fsp3) is 0.692. The Bertz CT molecular complexity index is 414. The minimum atomic E-state index is -0.373. The maximum atomic E-state index is 11.3. The van der Waals surface area contributed by atoms with Crippen molar-refractivity contribution >= 4 is 22.4 Å². The van der Waals surface area contributed by atoms with Crippen LogP contribution < -0.4 is 5.32 Å². The Morgan fingerprint density at radius 1 is 1.58 bits per heavy atom. The van der Waals surface area contributed by atoms with E-state index in [4.69, 9.17) is 0 Å². The Hall–Kier alpha value is -1.14. The maximum Gasteiger partial charge on any atom is 0.357 e. The van der Waals surface area contributed by atoms with Crippen LogP contribution in [0, 0.1) is 0 Å². The van der Waals surface area contributed by atoms with Gasteiger partial charge in [-0.2, -0.15) is 0 Å². The summed E-state index contributed by atoms with van der Waals surface area (Å²) in [5.41, 5.74) is 0.387. The van der Waals surface area contributed by atoms with Gasteiger partial charge in [-0.1, -0.05) is 6.92 Å².